The molecule has 3 rings (SSSR count). The zero-order valence-corrected chi connectivity index (χ0v) is 14.4. The van der Waals surface area contributed by atoms with Crippen LogP contribution in [0.2, 0.25) is 0 Å². The van der Waals surface area contributed by atoms with E-state index < -0.39 is 0 Å². The first-order valence-corrected chi connectivity index (χ1v) is 8.60. The fourth-order valence-electron chi connectivity index (χ4n) is 2.54. The number of rotatable bonds is 5. The summed E-state index contributed by atoms with van der Waals surface area (Å²) >= 11 is 1.40. The number of carbonyl (C=O) groups is 1. The zero-order valence-electron chi connectivity index (χ0n) is 13.6. The largest absolute Gasteiger partial charge is 0.459 e. The highest BCUT2D eigenvalue weighted by atomic mass is 32.1. The van der Waals surface area contributed by atoms with Gasteiger partial charge in [0.25, 0.3) is 5.56 Å². The van der Waals surface area contributed by atoms with Gasteiger partial charge < -0.3 is 4.74 Å². The van der Waals surface area contributed by atoms with Gasteiger partial charge in [-0.1, -0.05) is 37.3 Å². The van der Waals surface area contributed by atoms with Gasteiger partial charge in [-0.05, 0) is 18.4 Å². The molecule has 5 nitrogen and oxygen atoms in total. The fraction of sp³-hybridized carbons (Fsp3) is 0.278. The Labute approximate surface area is 143 Å². The van der Waals surface area contributed by atoms with E-state index in [1.807, 2.05) is 49.6 Å². The van der Waals surface area contributed by atoms with E-state index in [4.69, 9.17) is 4.74 Å². The van der Waals surface area contributed by atoms with Crippen molar-refractivity contribution in [2.75, 3.05) is 0 Å². The second kappa shape index (κ2) is 6.97. The molecule has 1 atom stereocenters. The first kappa shape index (κ1) is 16.4. The lowest BCUT2D eigenvalue weighted by atomic mass is 9.98. The monoisotopic (exact) mass is 342 g/mol. The molecule has 3 aromatic rings. The van der Waals surface area contributed by atoms with Crippen LogP contribution in [0.15, 0.2) is 46.6 Å². The van der Waals surface area contributed by atoms with Gasteiger partial charge in [-0.2, -0.15) is 0 Å². The highest BCUT2D eigenvalue weighted by molar-refractivity contribution is 7.15. The molecule has 124 valence electrons. The van der Waals surface area contributed by atoms with E-state index in [1.54, 1.807) is 4.40 Å². The van der Waals surface area contributed by atoms with Crippen LogP contribution in [0.1, 0.15) is 36.2 Å². The number of ether oxygens (including phenoxy) is 1. The summed E-state index contributed by atoms with van der Waals surface area (Å²) in [7, 11) is 0. The molecule has 0 N–H and O–H groups in total. The molecule has 0 fully saturated rings. The minimum atomic E-state index is -0.296. The van der Waals surface area contributed by atoms with Crippen molar-refractivity contribution in [3.05, 3.63) is 69.1 Å². The van der Waals surface area contributed by atoms with Gasteiger partial charge in [0.1, 0.15) is 6.61 Å². The molecule has 0 saturated heterocycles. The number of thiazole rings is 1. The quantitative estimate of drug-likeness (QED) is 0.668. The standard InChI is InChI=1S/C18H18N2O3S/c1-12(14-6-4-3-5-7-14)8-17(22)23-10-15-9-16(21)20-13(2)11-24-18(20)19-15/h3-7,9,11-12H,8,10H2,1-2H3/t12-/m1/s1. The van der Waals surface area contributed by atoms with Gasteiger partial charge in [-0.3, -0.25) is 14.0 Å². The summed E-state index contributed by atoms with van der Waals surface area (Å²) in [6.45, 7) is 3.86. The molecule has 2 heterocycles. The molecule has 0 saturated carbocycles. The highest BCUT2D eigenvalue weighted by Gasteiger charge is 2.13. The normalized spacial score (nSPS) is 12.2. The number of benzene rings is 1. The van der Waals surface area contributed by atoms with Crippen molar-refractivity contribution in [3.63, 3.8) is 0 Å². The van der Waals surface area contributed by atoms with Crippen molar-refractivity contribution in [3.8, 4) is 0 Å². The summed E-state index contributed by atoms with van der Waals surface area (Å²) in [4.78, 5) is 29.1. The van der Waals surface area contributed by atoms with Crippen molar-refractivity contribution >= 4 is 22.3 Å². The SMILES string of the molecule is Cc1csc2nc(COC(=O)C[C@@H](C)c3ccccc3)cc(=O)n12. The van der Waals surface area contributed by atoms with E-state index in [0.717, 1.165) is 11.3 Å². The van der Waals surface area contributed by atoms with Crippen LogP contribution in [0.4, 0.5) is 0 Å². The third kappa shape index (κ3) is 3.54. The molecule has 24 heavy (non-hydrogen) atoms. The first-order valence-electron chi connectivity index (χ1n) is 7.72. The molecule has 0 bridgehead atoms. The molecular weight excluding hydrogens is 324 g/mol. The summed E-state index contributed by atoms with van der Waals surface area (Å²) in [6.07, 6.45) is 0.295. The average molecular weight is 342 g/mol. The van der Waals surface area contributed by atoms with E-state index >= 15 is 0 Å². The maximum absolute atomic E-state index is 12.1. The van der Waals surface area contributed by atoms with Gasteiger partial charge in [0.05, 0.1) is 12.1 Å². The lowest BCUT2D eigenvalue weighted by Crippen LogP contribution is -2.16. The number of esters is 1. The van der Waals surface area contributed by atoms with Crippen LogP contribution >= 0.6 is 11.3 Å². The van der Waals surface area contributed by atoms with Crippen LogP contribution < -0.4 is 5.56 Å². The number of hydrogen-bond donors (Lipinski definition) is 0. The lowest BCUT2D eigenvalue weighted by molar-refractivity contribution is -0.145. The van der Waals surface area contributed by atoms with Gasteiger partial charge in [0.15, 0.2) is 4.96 Å². The molecular formula is C18H18N2O3S. The number of fused-ring (bicyclic) bond motifs is 1. The molecule has 0 aliphatic carbocycles. The summed E-state index contributed by atoms with van der Waals surface area (Å²) in [5.74, 6) is -0.213. The second-order valence-electron chi connectivity index (χ2n) is 5.76. The molecule has 0 amide bonds. The Bertz CT molecular complexity index is 915. The predicted molar refractivity (Wildman–Crippen MR) is 93.3 cm³/mol. The van der Waals surface area contributed by atoms with Crippen LogP contribution in [-0.2, 0) is 16.1 Å². The van der Waals surface area contributed by atoms with E-state index in [-0.39, 0.29) is 24.1 Å². The highest BCUT2D eigenvalue weighted by Crippen LogP contribution is 2.19. The fourth-order valence-corrected chi connectivity index (χ4v) is 3.43. The molecule has 0 aliphatic rings. The van der Waals surface area contributed by atoms with E-state index in [2.05, 4.69) is 4.98 Å². The van der Waals surface area contributed by atoms with Gasteiger partial charge in [0.2, 0.25) is 0 Å². The first-order chi connectivity index (χ1) is 11.5. The maximum atomic E-state index is 12.1. The van der Waals surface area contributed by atoms with E-state index in [1.165, 1.54) is 17.4 Å². The van der Waals surface area contributed by atoms with Gasteiger partial charge in [0, 0.05) is 17.1 Å². The molecule has 0 spiro atoms. The summed E-state index contributed by atoms with van der Waals surface area (Å²) in [5, 5.41) is 1.88. The lowest BCUT2D eigenvalue weighted by Gasteiger charge is -2.11. The summed E-state index contributed by atoms with van der Waals surface area (Å²) in [5.41, 5.74) is 2.28. The van der Waals surface area contributed by atoms with Crippen LogP contribution in [0.5, 0.6) is 0 Å². The summed E-state index contributed by atoms with van der Waals surface area (Å²) in [6, 6.07) is 11.3. The van der Waals surface area contributed by atoms with E-state index in [0.29, 0.717) is 17.1 Å². The number of carbonyl (C=O) groups excluding carboxylic acids is 1. The van der Waals surface area contributed by atoms with E-state index in [9.17, 15) is 9.59 Å². The number of hydrogen-bond acceptors (Lipinski definition) is 5. The van der Waals surface area contributed by atoms with Crippen molar-refractivity contribution in [1.82, 2.24) is 9.38 Å². The predicted octanol–water partition coefficient (Wildman–Crippen LogP) is 3.30. The van der Waals surface area contributed by atoms with Crippen molar-refractivity contribution < 1.29 is 9.53 Å². The van der Waals surface area contributed by atoms with Crippen molar-refractivity contribution in [2.45, 2.75) is 32.8 Å². The Balaban J connectivity index is 1.63. The van der Waals surface area contributed by atoms with Gasteiger partial charge in [-0.25, -0.2) is 4.98 Å². The van der Waals surface area contributed by atoms with Crippen LogP contribution in [-0.4, -0.2) is 15.4 Å². The van der Waals surface area contributed by atoms with Crippen molar-refractivity contribution in [1.29, 1.82) is 0 Å². The molecule has 6 heteroatoms. The average Bonchev–Trinajstić information content (AvgIpc) is 2.95. The van der Waals surface area contributed by atoms with Gasteiger partial charge in [-0.15, -0.1) is 11.3 Å². The minimum absolute atomic E-state index is 0.0169. The third-order valence-corrected chi connectivity index (χ3v) is 4.79. The molecule has 2 aromatic heterocycles. The maximum Gasteiger partial charge on any atom is 0.306 e. The van der Waals surface area contributed by atoms with Crippen LogP contribution in [0, 0.1) is 6.92 Å². The zero-order chi connectivity index (χ0) is 17.1. The topological polar surface area (TPSA) is 60.7 Å². The second-order valence-corrected chi connectivity index (χ2v) is 6.59. The Kier molecular flexibility index (Phi) is 4.76. The number of nitrogens with zero attached hydrogens (tertiary/aromatic N) is 2. The molecule has 0 radical (unpaired) electrons. The minimum Gasteiger partial charge on any atom is -0.459 e. The van der Waals surface area contributed by atoms with Crippen molar-refractivity contribution in [2.24, 2.45) is 0 Å². The number of aromatic nitrogens is 2. The molecule has 0 aliphatic heterocycles. The summed E-state index contributed by atoms with van der Waals surface area (Å²) < 4.78 is 6.84. The Morgan fingerprint density at radius 2 is 2.08 bits per heavy atom. The van der Waals surface area contributed by atoms with Crippen LogP contribution in [0.3, 0.4) is 0 Å². The van der Waals surface area contributed by atoms with Crippen LogP contribution in [0.25, 0.3) is 4.96 Å². The molecule has 1 aromatic carbocycles. The number of aryl methyl sites for hydroxylation is 1. The third-order valence-electron chi connectivity index (χ3n) is 3.85. The molecule has 0 unspecified atom stereocenters. The van der Waals surface area contributed by atoms with Gasteiger partial charge >= 0.3 is 5.97 Å². The Hall–Kier alpha value is -2.47. The Morgan fingerprint density at radius 3 is 2.83 bits per heavy atom. The smallest absolute Gasteiger partial charge is 0.306 e. The Morgan fingerprint density at radius 1 is 1.33 bits per heavy atom.